The van der Waals surface area contributed by atoms with Gasteiger partial charge in [-0.1, -0.05) is 44.2 Å². The van der Waals surface area contributed by atoms with Crippen molar-refractivity contribution in [3.63, 3.8) is 0 Å². The van der Waals surface area contributed by atoms with Crippen LogP contribution in [0.1, 0.15) is 57.1 Å². The Labute approximate surface area is 248 Å². The fourth-order valence-corrected chi connectivity index (χ4v) is 3.74. The maximum Gasteiger partial charge on any atom is 0.312 e. The minimum atomic E-state index is -1.08. The van der Waals surface area contributed by atoms with E-state index in [1.54, 1.807) is 32.0 Å². The zero-order chi connectivity index (χ0) is 31.9. The van der Waals surface area contributed by atoms with Crippen molar-refractivity contribution >= 4 is 47.6 Å². The predicted molar refractivity (Wildman–Crippen MR) is 155 cm³/mol. The summed E-state index contributed by atoms with van der Waals surface area (Å²) in [7, 11) is 1.37. The van der Waals surface area contributed by atoms with Gasteiger partial charge in [0, 0.05) is 0 Å². The third-order valence-corrected chi connectivity index (χ3v) is 6.31. The van der Waals surface area contributed by atoms with Gasteiger partial charge in [0.1, 0.15) is 5.75 Å². The normalized spacial score (nSPS) is 12.4. The van der Waals surface area contributed by atoms with Crippen LogP contribution < -0.4 is 14.2 Å². The number of allylic oxidation sites excluding steroid dienone is 2. The molecule has 0 amide bonds. The zero-order valence-electron chi connectivity index (χ0n) is 24.1. The molecular formula is C32H34O11. The number of hydrogen-bond acceptors (Lipinski definition) is 9. The fourth-order valence-electron chi connectivity index (χ4n) is 3.74. The summed E-state index contributed by atoms with van der Waals surface area (Å²) in [5, 5.41) is 18.2. The molecule has 0 aliphatic rings. The van der Waals surface area contributed by atoms with Gasteiger partial charge < -0.3 is 24.4 Å². The SMILES string of the molecule is CCC(CC(=O)Oc1ccc(C=CC(=O)CC(=O)C=Cc2ccc(OC(=O)CC(CC)C(=O)O)c(OC)c2)cc1)C(=O)O. The Hall–Kier alpha value is -5.06. The van der Waals surface area contributed by atoms with E-state index in [9.17, 15) is 28.8 Å². The summed E-state index contributed by atoms with van der Waals surface area (Å²) >= 11 is 0. The Balaban J connectivity index is 1.90. The minimum Gasteiger partial charge on any atom is -0.493 e. The van der Waals surface area contributed by atoms with E-state index in [0.717, 1.165) is 0 Å². The number of ketones is 2. The molecule has 2 rings (SSSR count). The lowest BCUT2D eigenvalue weighted by atomic mass is 10.0. The van der Waals surface area contributed by atoms with Crippen LogP contribution in [-0.4, -0.2) is 52.8 Å². The molecule has 0 aliphatic carbocycles. The summed E-state index contributed by atoms with van der Waals surface area (Å²) in [6.07, 6.45) is 5.16. The van der Waals surface area contributed by atoms with Crippen molar-refractivity contribution < 1.29 is 53.2 Å². The largest absolute Gasteiger partial charge is 0.493 e. The molecule has 2 aromatic carbocycles. The third kappa shape index (κ3) is 11.8. The lowest BCUT2D eigenvalue weighted by molar-refractivity contribution is -0.147. The van der Waals surface area contributed by atoms with Crippen molar-refractivity contribution in [2.45, 2.75) is 46.0 Å². The van der Waals surface area contributed by atoms with E-state index in [2.05, 4.69) is 0 Å². The summed E-state index contributed by atoms with van der Waals surface area (Å²) < 4.78 is 15.7. The van der Waals surface area contributed by atoms with E-state index in [0.29, 0.717) is 17.5 Å². The van der Waals surface area contributed by atoms with E-state index in [1.165, 1.54) is 55.7 Å². The number of esters is 2. The van der Waals surface area contributed by atoms with Gasteiger partial charge in [-0.15, -0.1) is 0 Å². The van der Waals surface area contributed by atoms with Gasteiger partial charge in [-0.3, -0.25) is 28.8 Å². The number of benzene rings is 2. The number of rotatable bonds is 17. The molecule has 0 saturated carbocycles. The number of carbonyl (C=O) groups is 6. The van der Waals surface area contributed by atoms with E-state index in [-0.39, 0.29) is 42.9 Å². The van der Waals surface area contributed by atoms with Crippen LogP contribution in [0.2, 0.25) is 0 Å². The number of carboxylic acid groups (broad SMARTS) is 2. The van der Waals surface area contributed by atoms with Gasteiger partial charge >= 0.3 is 23.9 Å². The average molecular weight is 595 g/mol. The molecule has 228 valence electrons. The molecule has 2 atom stereocenters. The van der Waals surface area contributed by atoms with Gasteiger partial charge in [-0.25, -0.2) is 0 Å². The number of methoxy groups -OCH3 is 1. The zero-order valence-corrected chi connectivity index (χ0v) is 24.1. The molecule has 2 aromatic rings. The van der Waals surface area contributed by atoms with Crippen LogP contribution >= 0.6 is 0 Å². The molecule has 0 fully saturated rings. The first-order valence-electron chi connectivity index (χ1n) is 13.5. The van der Waals surface area contributed by atoms with Gasteiger partial charge in [0.25, 0.3) is 0 Å². The van der Waals surface area contributed by atoms with Crippen LogP contribution in [0.5, 0.6) is 17.2 Å². The topological polar surface area (TPSA) is 171 Å². The molecule has 11 heteroatoms. The van der Waals surface area contributed by atoms with Crippen LogP contribution in [0, 0.1) is 11.8 Å². The van der Waals surface area contributed by atoms with E-state index < -0.39 is 47.3 Å². The number of carboxylic acids is 2. The van der Waals surface area contributed by atoms with Gasteiger partial charge in [-0.05, 0) is 60.4 Å². The van der Waals surface area contributed by atoms with Gasteiger partial charge in [0.05, 0.1) is 38.2 Å². The Morgan fingerprint density at radius 2 is 1.19 bits per heavy atom. The molecule has 0 radical (unpaired) electrons. The number of aliphatic carboxylic acids is 2. The Bertz CT molecular complexity index is 1390. The van der Waals surface area contributed by atoms with E-state index >= 15 is 0 Å². The highest BCUT2D eigenvalue weighted by atomic mass is 16.6. The molecule has 0 bridgehead atoms. The van der Waals surface area contributed by atoms with Crippen LogP contribution in [0.25, 0.3) is 12.2 Å². The van der Waals surface area contributed by atoms with Gasteiger partial charge in [-0.2, -0.15) is 0 Å². The fraction of sp³-hybridized carbons (Fsp3) is 0.312. The second-order valence-corrected chi connectivity index (χ2v) is 9.50. The second kappa shape index (κ2) is 17.0. The van der Waals surface area contributed by atoms with Crippen molar-refractivity contribution in [2.75, 3.05) is 7.11 Å². The molecule has 0 aromatic heterocycles. The van der Waals surface area contributed by atoms with Gasteiger partial charge in [0.2, 0.25) is 0 Å². The summed E-state index contributed by atoms with van der Waals surface area (Å²) in [5.74, 6) is -5.52. The Kier molecular flexibility index (Phi) is 13.5. The molecule has 0 heterocycles. The molecule has 0 aliphatic heterocycles. The number of ether oxygens (including phenoxy) is 3. The second-order valence-electron chi connectivity index (χ2n) is 9.50. The first-order chi connectivity index (χ1) is 20.4. The maximum absolute atomic E-state index is 12.3. The molecule has 0 spiro atoms. The smallest absolute Gasteiger partial charge is 0.312 e. The first kappa shape index (κ1) is 34.1. The van der Waals surface area contributed by atoms with Crippen LogP contribution in [0.3, 0.4) is 0 Å². The van der Waals surface area contributed by atoms with Crippen LogP contribution in [-0.2, 0) is 28.8 Å². The van der Waals surface area contributed by atoms with Crippen molar-refractivity contribution in [1.29, 1.82) is 0 Å². The Morgan fingerprint density at radius 1 is 0.698 bits per heavy atom. The maximum atomic E-state index is 12.3. The molecule has 2 N–H and O–H groups in total. The van der Waals surface area contributed by atoms with E-state index in [1.807, 2.05) is 0 Å². The molecule has 11 nitrogen and oxygen atoms in total. The first-order valence-corrected chi connectivity index (χ1v) is 13.5. The number of carbonyl (C=O) groups excluding carboxylic acids is 4. The Morgan fingerprint density at radius 3 is 1.67 bits per heavy atom. The van der Waals surface area contributed by atoms with Crippen molar-refractivity contribution in [3.05, 3.63) is 65.7 Å². The standard InChI is InChI=1S/C32H34O11/c1-4-22(31(37)38)17-29(35)42-26-13-8-20(9-14-26)6-11-24(33)19-25(34)12-7-21-10-15-27(28(16-21)41-3)43-30(36)18-23(5-2)32(39)40/h6-16,22-23H,4-5,17-19H2,1-3H3,(H,37,38)(H,39,40). The van der Waals surface area contributed by atoms with E-state index in [4.69, 9.17) is 24.4 Å². The highest BCUT2D eigenvalue weighted by Gasteiger charge is 2.22. The lowest BCUT2D eigenvalue weighted by Gasteiger charge is -2.12. The predicted octanol–water partition coefficient (Wildman–Crippen LogP) is 4.76. The molecule has 2 unspecified atom stereocenters. The third-order valence-electron chi connectivity index (χ3n) is 6.31. The quantitative estimate of drug-likeness (QED) is 0.112. The summed E-state index contributed by atoms with van der Waals surface area (Å²) in [6, 6.07) is 10.8. The molecule has 0 saturated heterocycles. The summed E-state index contributed by atoms with van der Waals surface area (Å²) in [4.78, 5) is 70.9. The molecule has 43 heavy (non-hydrogen) atoms. The highest BCUT2D eigenvalue weighted by molar-refractivity contribution is 6.10. The molecular weight excluding hydrogens is 560 g/mol. The van der Waals surface area contributed by atoms with Crippen LogP contribution in [0.15, 0.2) is 54.6 Å². The van der Waals surface area contributed by atoms with Crippen molar-refractivity contribution in [3.8, 4) is 17.2 Å². The monoisotopic (exact) mass is 594 g/mol. The summed E-state index contributed by atoms with van der Waals surface area (Å²) in [6.45, 7) is 3.34. The highest BCUT2D eigenvalue weighted by Crippen LogP contribution is 2.29. The van der Waals surface area contributed by atoms with Crippen molar-refractivity contribution in [1.82, 2.24) is 0 Å². The van der Waals surface area contributed by atoms with Gasteiger partial charge in [0.15, 0.2) is 23.1 Å². The average Bonchev–Trinajstić information content (AvgIpc) is 2.97. The minimum absolute atomic E-state index is 0.103. The summed E-state index contributed by atoms with van der Waals surface area (Å²) in [5.41, 5.74) is 1.16. The lowest BCUT2D eigenvalue weighted by Crippen LogP contribution is -2.20. The number of hydrogen-bond donors (Lipinski definition) is 2. The van der Waals surface area contributed by atoms with Crippen LogP contribution in [0.4, 0.5) is 0 Å². The van der Waals surface area contributed by atoms with Crippen molar-refractivity contribution in [2.24, 2.45) is 11.8 Å².